The molecule has 2 aromatic rings. The second-order valence-corrected chi connectivity index (χ2v) is 5.58. The van der Waals surface area contributed by atoms with Gasteiger partial charge in [0, 0.05) is 30.4 Å². The summed E-state index contributed by atoms with van der Waals surface area (Å²) in [5, 5.41) is 12.5. The van der Waals surface area contributed by atoms with Crippen molar-refractivity contribution < 1.29 is 19.4 Å². The highest BCUT2D eigenvalue weighted by molar-refractivity contribution is 6.02. The molecule has 0 radical (unpaired) electrons. The van der Waals surface area contributed by atoms with Crippen LogP contribution in [0.2, 0.25) is 0 Å². The number of amides is 1. The van der Waals surface area contributed by atoms with Crippen molar-refractivity contribution in [2.24, 2.45) is 0 Å². The highest BCUT2D eigenvalue weighted by Crippen LogP contribution is 2.29. The van der Waals surface area contributed by atoms with E-state index in [1.165, 1.54) is 0 Å². The minimum atomic E-state index is -0.855. The summed E-state index contributed by atoms with van der Waals surface area (Å²) >= 11 is 0. The lowest BCUT2D eigenvalue weighted by molar-refractivity contribution is -0.137. The molecule has 0 atom stereocenters. The van der Waals surface area contributed by atoms with E-state index in [4.69, 9.17) is 9.84 Å². The maximum Gasteiger partial charge on any atom is 0.303 e. The van der Waals surface area contributed by atoms with Gasteiger partial charge in [-0.1, -0.05) is 0 Å². The van der Waals surface area contributed by atoms with Gasteiger partial charge in [-0.25, -0.2) is 0 Å². The summed E-state index contributed by atoms with van der Waals surface area (Å²) in [5.74, 6) is -0.241. The molecule has 0 aliphatic rings. The topological polar surface area (TPSA) is 80.6 Å². The number of hydrogen-bond acceptors (Lipinski definition) is 3. The van der Waals surface area contributed by atoms with E-state index < -0.39 is 5.97 Å². The van der Waals surface area contributed by atoms with Crippen LogP contribution in [-0.4, -0.2) is 34.7 Å². The van der Waals surface area contributed by atoms with E-state index in [9.17, 15) is 9.59 Å². The summed E-state index contributed by atoms with van der Waals surface area (Å²) < 4.78 is 7.53. The molecule has 0 unspecified atom stereocenters. The van der Waals surface area contributed by atoms with Gasteiger partial charge in [-0.3, -0.25) is 9.59 Å². The SMILES string of the molecule is CCOc1ccc2c(c1)c(C)c(C(=O)NCCCC(=O)O)n2CC. The maximum atomic E-state index is 12.6. The van der Waals surface area contributed by atoms with Gasteiger partial charge in [-0.2, -0.15) is 0 Å². The zero-order valence-corrected chi connectivity index (χ0v) is 14.4. The number of aromatic nitrogens is 1. The summed E-state index contributed by atoms with van der Waals surface area (Å²) in [7, 11) is 0. The number of carbonyl (C=O) groups excluding carboxylic acids is 1. The Labute approximate surface area is 141 Å². The summed E-state index contributed by atoms with van der Waals surface area (Å²) in [6.45, 7) is 7.48. The summed E-state index contributed by atoms with van der Waals surface area (Å²) in [6.07, 6.45) is 0.467. The van der Waals surface area contributed by atoms with Crippen LogP contribution in [0.25, 0.3) is 10.9 Å². The zero-order valence-electron chi connectivity index (χ0n) is 14.4. The average Bonchev–Trinajstić information content (AvgIpc) is 2.83. The molecule has 1 heterocycles. The lowest BCUT2D eigenvalue weighted by atomic mass is 10.1. The Balaban J connectivity index is 2.29. The standard InChI is InChI=1S/C18H24N2O4/c1-4-20-15-9-8-13(24-5-2)11-14(15)12(3)17(20)18(23)19-10-6-7-16(21)22/h8-9,11H,4-7,10H2,1-3H3,(H,19,23)(H,21,22). The van der Waals surface area contributed by atoms with Crippen molar-refractivity contribution in [3.63, 3.8) is 0 Å². The first-order valence-electron chi connectivity index (χ1n) is 8.25. The van der Waals surface area contributed by atoms with Gasteiger partial charge in [0.15, 0.2) is 0 Å². The fourth-order valence-corrected chi connectivity index (χ4v) is 2.90. The molecular formula is C18H24N2O4. The Hall–Kier alpha value is -2.50. The Morgan fingerprint density at radius 1 is 1.29 bits per heavy atom. The van der Waals surface area contributed by atoms with E-state index in [2.05, 4.69) is 5.32 Å². The second kappa shape index (κ2) is 7.86. The molecule has 0 spiro atoms. The number of carbonyl (C=O) groups is 2. The number of aliphatic carboxylic acids is 1. The van der Waals surface area contributed by atoms with Crippen LogP contribution in [0.15, 0.2) is 18.2 Å². The minimum absolute atomic E-state index is 0.0493. The number of hydrogen-bond donors (Lipinski definition) is 2. The fourth-order valence-electron chi connectivity index (χ4n) is 2.90. The summed E-state index contributed by atoms with van der Waals surface area (Å²) in [6, 6.07) is 5.84. The smallest absolute Gasteiger partial charge is 0.303 e. The van der Waals surface area contributed by atoms with Gasteiger partial charge >= 0.3 is 5.97 Å². The van der Waals surface area contributed by atoms with Crippen LogP contribution in [0.5, 0.6) is 5.75 Å². The quantitative estimate of drug-likeness (QED) is 0.728. The van der Waals surface area contributed by atoms with Crippen LogP contribution >= 0.6 is 0 Å². The largest absolute Gasteiger partial charge is 0.494 e. The highest BCUT2D eigenvalue weighted by Gasteiger charge is 2.19. The van der Waals surface area contributed by atoms with E-state index >= 15 is 0 Å². The van der Waals surface area contributed by atoms with Crippen LogP contribution in [0.4, 0.5) is 0 Å². The van der Waals surface area contributed by atoms with Crippen molar-refractivity contribution in [1.82, 2.24) is 9.88 Å². The monoisotopic (exact) mass is 332 g/mol. The third-order valence-electron chi connectivity index (χ3n) is 3.98. The molecule has 0 aliphatic heterocycles. The molecular weight excluding hydrogens is 308 g/mol. The molecule has 1 aromatic heterocycles. The molecule has 0 saturated heterocycles. The van der Waals surface area contributed by atoms with E-state index in [-0.39, 0.29) is 12.3 Å². The predicted molar refractivity (Wildman–Crippen MR) is 92.7 cm³/mol. The first kappa shape index (κ1) is 17.8. The average molecular weight is 332 g/mol. The number of ether oxygens (including phenoxy) is 1. The molecule has 24 heavy (non-hydrogen) atoms. The fraction of sp³-hybridized carbons (Fsp3) is 0.444. The Morgan fingerprint density at radius 3 is 2.67 bits per heavy atom. The van der Waals surface area contributed by atoms with Gasteiger partial charge in [-0.05, 0) is 51.0 Å². The van der Waals surface area contributed by atoms with E-state index in [0.717, 1.165) is 22.2 Å². The molecule has 130 valence electrons. The van der Waals surface area contributed by atoms with Crippen molar-refractivity contribution in [3.8, 4) is 5.75 Å². The first-order valence-corrected chi connectivity index (χ1v) is 8.25. The molecule has 2 rings (SSSR count). The second-order valence-electron chi connectivity index (χ2n) is 5.58. The van der Waals surface area contributed by atoms with Gasteiger partial charge in [0.2, 0.25) is 0 Å². The predicted octanol–water partition coefficient (Wildman–Crippen LogP) is 2.96. The number of fused-ring (bicyclic) bond motifs is 1. The Morgan fingerprint density at radius 2 is 2.04 bits per heavy atom. The number of rotatable bonds is 8. The van der Waals surface area contributed by atoms with Crippen LogP contribution in [0.1, 0.15) is 42.7 Å². The lowest BCUT2D eigenvalue weighted by Crippen LogP contribution is -2.27. The molecule has 6 nitrogen and oxygen atoms in total. The number of nitrogens with one attached hydrogen (secondary N) is 1. The molecule has 1 aromatic carbocycles. The van der Waals surface area contributed by atoms with Crippen LogP contribution in [0, 0.1) is 6.92 Å². The highest BCUT2D eigenvalue weighted by atomic mass is 16.5. The van der Waals surface area contributed by atoms with Gasteiger partial charge in [0.05, 0.1) is 6.61 Å². The van der Waals surface area contributed by atoms with Crippen molar-refractivity contribution in [2.75, 3.05) is 13.2 Å². The molecule has 2 N–H and O–H groups in total. The molecule has 6 heteroatoms. The third-order valence-corrected chi connectivity index (χ3v) is 3.98. The number of nitrogens with zero attached hydrogens (tertiary/aromatic N) is 1. The zero-order chi connectivity index (χ0) is 17.7. The van der Waals surface area contributed by atoms with Crippen molar-refractivity contribution >= 4 is 22.8 Å². The van der Waals surface area contributed by atoms with Crippen molar-refractivity contribution in [1.29, 1.82) is 0 Å². The van der Waals surface area contributed by atoms with Gasteiger partial charge in [-0.15, -0.1) is 0 Å². The van der Waals surface area contributed by atoms with Crippen molar-refractivity contribution in [3.05, 3.63) is 29.5 Å². The summed E-state index contributed by atoms with van der Waals surface area (Å²) in [5.41, 5.74) is 2.52. The van der Waals surface area contributed by atoms with Crippen molar-refractivity contribution in [2.45, 2.75) is 40.2 Å². The van der Waals surface area contributed by atoms with Crippen LogP contribution < -0.4 is 10.1 Å². The number of benzene rings is 1. The van der Waals surface area contributed by atoms with E-state index in [0.29, 0.717) is 31.8 Å². The lowest BCUT2D eigenvalue weighted by Gasteiger charge is -2.09. The number of carboxylic acid groups (broad SMARTS) is 1. The Kier molecular flexibility index (Phi) is 5.84. The van der Waals surface area contributed by atoms with E-state index in [1.807, 2.05) is 43.5 Å². The van der Waals surface area contributed by atoms with Gasteiger partial charge < -0.3 is 19.7 Å². The molecule has 1 amide bonds. The molecule has 0 fully saturated rings. The Bertz CT molecular complexity index is 749. The summed E-state index contributed by atoms with van der Waals surface area (Å²) in [4.78, 5) is 23.1. The van der Waals surface area contributed by atoms with Crippen LogP contribution in [-0.2, 0) is 11.3 Å². The third kappa shape index (κ3) is 3.69. The maximum absolute atomic E-state index is 12.6. The number of carboxylic acids is 1. The first-order chi connectivity index (χ1) is 11.5. The van der Waals surface area contributed by atoms with E-state index in [1.54, 1.807) is 0 Å². The van der Waals surface area contributed by atoms with Crippen LogP contribution in [0.3, 0.4) is 0 Å². The number of aryl methyl sites for hydroxylation is 2. The van der Waals surface area contributed by atoms with Gasteiger partial charge in [0.1, 0.15) is 11.4 Å². The van der Waals surface area contributed by atoms with Gasteiger partial charge in [0.25, 0.3) is 5.91 Å². The molecule has 0 aliphatic carbocycles. The minimum Gasteiger partial charge on any atom is -0.494 e. The molecule has 0 bridgehead atoms. The molecule has 0 saturated carbocycles. The normalized spacial score (nSPS) is 10.8.